The molecule has 25 heavy (non-hydrogen) atoms. The van der Waals surface area contributed by atoms with E-state index >= 15 is 0 Å². The summed E-state index contributed by atoms with van der Waals surface area (Å²) in [5, 5.41) is 1.75. The van der Waals surface area contributed by atoms with Gasteiger partial charge in [-0.3, -0.25) is 9.59 Å². The largest absolute Gasteiger partial charge is 0.351 e. The van der Waals surface area contributed by atoms with E-state index in [1.165, 1.54) is 11.3 Å². The highest BCUT2D eigenvalue weighted by molar-refractivity contribution is 7.07. The zero-order chi connectivity index (χ0) is 17.0. The Labute approximate surface area is 149 Å². The van der Waals surface area contributed by atoms with Crippen molar-refractivity contribution in [3.05, 3.63) is 52.5 Å². The molecule has 3 fully saturated rings. The lowest BCUT2D eigenvalue weighted by Crippen LogP contribution is -2.49. The maximum atomic E-state index is 12.8. The quantitative estimate of drug-likeness (QED) is 0.827. The van der Waals surface area contributed by atoms with E-state index in [-0.39, 0.29) is 23.9 Å². The molecule has 3 atom stereocenters. The van der Waals surface area contributed by atoms with Gasteiger partial charge in [-0.15, -0.1) is 11.3 Å². The van der Waals surface area contributed by atoms with Gasteiger partial charge in [0.2, 0.25) is 5.91 Å². The van der Waals surface area contributed by atoms with Gasteiger partial charge in [-0.25, -0.2) is 4.98 Å². The average molecular weight is 355 g/mol. The van der Waals surface area contributed by atoms with Gasteiger partial charge in [-0.1, -0.05) is 30.3 Å². The summed E-state index contributed by atoms with van der Waals surface area (Å²) >= 11 is 1.40. The van der Waals surface area contributed by atoms with Crippen molar-refractivity contribution in [1.29, 1.82) is 0 Å². The molecule has 0 aliphatic carbocycles. The first kappa shape index (κ1) is 15.0. The Morgan fingerprint density at radius 1 is 1.32 bits per heavy atom. The second kappa shape index (κ2) is 5.37. The highest BCUT2D eigenvalue weighted by Crippen LogP contribution is 2.51. The molecule has 6 nitrogen and oxygen atoms in total. The van der Waals surface area contributed by atoms with Gasteiger partial charge in [0, 0.05) is 18.3 Å². The fourth-order valence-electron chi connectivity index (χ4n) is 4.47. The first-order valence-electron chi connectivity index (χ1n) is 8.41. The number of amides is 2. The molecule has 0 saturated carbocycles. The van der Waals surface area contributed by atoms with Crippen LogP contribution >= 0.6 is 11.3 Å². The monoisotopic (exact) mass is 355 g/mol. The number of hydrogen-bond donors (Lipinski definition) is 0. The molecular weight excluding hydrogens is 338 g/mol. The smallest absolute Gasteiger partial charge is 0.273 e. The zero-order valence-corrected chi connectivity index (χ0v) is 14.3. The molecule has 2 amide bonds. The molecule has 7 heteroatoms. The van der Waals surface area contributed by atoms with Gasteiger partial charge in [0.25, 0.3) is 5.91 Å². The minimum Gasteiger partial charge on any atom is -0.351 e. The van der Waals surface area contributed by atoms with Gasteiger partial charge in [0.1, 0.15) is 5.69 Å². The van der Waals surface area contributed by atoms with Crippen LogP contribution in [-0.4, -0.2) is 51.5 Å². The standard InChI is InChI=1S/C18H17N3O3S/c22-16-8-15-18(6-7-20(15)17(23)13-10-25-11-19-13)21(16)14(9-24-18)12-4-2-1-3-5-12/h1-5,10-11,14-15H,6-9H2/t14-,15+,18-/m0/s1. The van der Waals surface area contributed by atoms with Crippen LogP contribution in [0.2, 0.25) is 0 Å². The minimum absolute atomic E-state index is 0.0622. The van der Waals surface area contributed by atoms with Crippen molar-refractivity contribution in [2.45, 2.75) is 30.7 Å². The Bertz CT molecular complexity index is 825. The van der Waals surface area contributed by atoms with E-state index in [1.54, 1.807) is 15.8 Å². The molecule has 128 valence electrons. The first-order chi connectivity index (χ1) is 12.2. The molecule has 1 aromatic carbocycles. The molecule has 3 saturated heterocycles. The summed E-state index contributed by atoms with van der Waals surface area (Å²) in [4.78, 5) is 33.4. The molecule has 3 aliphatic heterocycles. The summed E-state index contributed by atoms with van der Waals surface area (Å²) in [6, 6.07) is 9.67. The van der Waals surface area contributed by atoms with E-state index in [4.69, 9.17) is 4.74 Å². The van der Waals surface area contributed by atoms with Crippen molar-refractivity contribution < 1.29 is 14.3 Å². The second-order valence-corrected chi connectivity index (χ2v) is 7.41. The molecule has 4 heterocycles. The summed E-state index contributed by atoms with van der Waals surface area (Å²) < 4.78 is 6.22. The second-order valence-electron chi connectivity index (χ2n) is 6.69. The van der Waals surface area contributed by atoms with Gasteiger partial charge in [0.05, 0.1) is 30.6 Å². The zero-order valence-electron chi connectivity index (χ0n) is 13.5. The summed E-state index contributed by atoms with van der Waals surface area (Å²) in [5.74, 6) is -0.0448. The molecular formula is C18H17N3O3S. The van der Waals surface area contributed by atoms with Crippen molar-refractivity contribution in [2.24, 2.45) is 0 Å². The van der Waals surface area contributed by atoms with Crippen LogP contribution in [0.1, 0.15) is 34.9 Å². The molecule has 5 rings (SSSR count). The summed E-state index contributed by atoms with van der Waals surface area (Å²) in [7, 11) is 0. The number of benzene rings is 1. The third-order valence-electron chi connectivity index (χ3n) is 5.55. The molecule has 2 aromatic rings. The number of aromatic nitrogens is 1. The third-order valence-corrected chi connectivity index (χ3v) is 6.14. The Hall–Kier alpha value is -2.25. The normalized spacial score (nSPS) is 30.6. The van der Waals surface area contributed by atoms with Gasteiger partial charge in [-0.05, 0) is 5.56 Å². The SMILES string of the molecule is O=C(c1cscn1)N1CC[C@@]23OC[C@@H](c4ccccc4)N2C(=O)C[C@@H]13. The predicted molar refractivity (Wildman–Crippen MR) is 90.9 cm³/mol. The lowest BCUT2D eigenvalue weighted by Gasteiger charge is -2.33. The molecule has 0 bridgehead atoms. The van der Waals surface area contributed by atoms with E-state index in [1.807, 2.05) is 35.2 Å². The molecule has 0 unspecified atom stereocenters. The van der Waals surface area contributed by atoms with Crippen LogP contribution in [0, 0.1) is 0 Å². The van der Waals surface area contributed by atoms with Crippen LogP contribution < -0.4 is 0 Å². The Balaban J connectivity index is 1.48. The summed E-state index contributed by atoms with van der Waals surface area (Å²) in [5.41, 5.74) is 2.51. The maximum absolute atomic E-state index is 12.8. The fraction of sp³-hybridized carbons (Fsp3) is 0.389. The lowest BCUT2D eigenvalue weighted by molar-refractivity contribution is -0.138. The molecule has 1 aromatic heterocycles. The Morgan fingerprint density at radius 3 is 2.92 bits per heavy atom. The average Bonchev–Trinajstić information content (AvgIpc) is 3.38. The maximum Gasteiger partial charge on any atom is 0.273 e. The summed E-state index contributed by atoms with van der Waals surface area (Å²) in [6.07, 6.45) is 0.974. The van der Waals surface area contributed by atoms with Gasteiger partial charge >= 0.3 is 0 Å². The highest BCUT2D eigenvalue weighted by atomic mass is 32.1. The lowest BCUT2D eigenvalue weighted by atomic mass is 10.0. The van der Waals surface area contributed by atoms with Crippen molar-refractivity contribution in [1.82, 2.24) is 14.8 Å². The van der Waals surface area contributed by atoms with Crippen molar-refractivity contribution in [3.8, 4) is 0 Å². The number of rotatable bonds is 2. The van der Waals surface area contributed by atoms with Crippen LogP contribution in [0.25, 0.3) is 0 Å². The molecule has 0 N–H and O–H groups in total. The topological polar surface area (TPSA) is 62.7 Å². The molecule has 1 spiro atoms. The number of thiazole rings is 1. The van der Waals surface area contributed by atoms with E-state index in [0.717, 1.165) is 5.56 Å². The predicted octanol–water partition coefficient (Wildman–Crippen LogP) is 2.06. The van der Waals surface area contributed by atoms with Crippen LogP contribution in [0.5, 0.6) is 0 Å². The van der Waals surface area contributed by atoms with Crippen LogP contribution in [0.3, 0.4) is 0 Å². The van der Waals surface area contributed by atoms with E-state index in [2.05, 4.69) is 4.98 Å². The molecule has 3 aliphatic rings. The van der Waals surface area contributed by atoms with E-state index in [0.29, 0.717) is 31.7 Å². The minimum atomic E-state index is -0.677. The van der Waals surface area contributed by atoms with Gasteiger partial charge in [-0.2, -0.15) is 0 Å². The van der Waals surface area contributed by atoms with Crippen LogP contribution in [0.15, 0.2) is 41.2 Å². The first-order valence-corrected chi connectivity index (χ1v) is 9.35. The Kier molecular flexibility index (Phi) is 3.23. The fourth-order valence-corrected chi connectivity index (χ4v) is 5.00. The third kappa shape index (κ3) is 2.02. The number of likely N-dealkylation sites (tertiary alicyclic amines) is 1. The number of carbonyl (C=O) groups is 2. The van der Waals surface area contributed by atoms with Gasteiger partial charge in [0.15, 0.2) is 5.72 Å². The van der Waals surface area contributed by atoms with Gasteiger partial charge < -0.3 is 14.5 Å². The number of hydrogen-bond acceptors (Lipinski definition) is 5. The Morgan fingerprint density at radius 2 is 2.16 bits per heavy atom. The highest BCUT2D eigenvalue weighted by Gasteiger charge is 2.65. The van der Waals surface area contributed by atoms with Crippen LogP contribution in [-0.2, 0) is 9.53 Å². The summed E-state index contributed by atoms with van der Waals surface area (Å²) in [6.45, 7) is 1.07. The molecule has 0 radical (unpaired) electrons. The van der Waals surface area contributed by atoms with Crippen molar-refractivity contribution in [2.75, 3.05) is 13.2 Å². The van der Waals surface area contributed by atoms with E-state index < -0.39 is 5.72 Å². The van der Waals surface area contributed by atoms with Crippen molar-refractivity contribution in [3.63, 3.8) is 0 Å². The van der Waals surface area contributed by atoms with Crippen LogP contribution in [0.4, 0.5) is 0 Å². The number of ether oxygens (including phenoxy) is 1. The number of nitrogens with zero attached hydrogens (tertiary/aromatic N) is 3. The van der Waals surface area contributed by atoms with Crippen molar-refractivity contribution >= 4 is 23.2 Å². The van der Waals surface area contributed by atoms with E-state index in [9.17, 15) is 9.59 Å². The number of carbonyl (C=O) groups excluding carboxylic acids is 2.